The highest BCUT2D eigenvalue weighted by Gasteiger charge is 2.42. The standard InChI is InChI=1S/C29H22BrN/c1-28(2)23-12-17(30)9-10-19(23)21-13-25-22(14-24(21)28)27-20-8-6-5-7-18(20)16(15-31)11-26(27)29(25,3)4/h5-14H,1-4H3. The van der Waals surface area contributed by atoms with Crippen LogP contribution in [0.5, 0.6) is 0 Å². The molecule has 0 heterocycles. The van der Waals surface area contributed by atoms with Crippen molar-refractivity contribution in [2.45, 2.75) is 38.5 Å². The lowest BCUT2D eigenvalue weighted by atomic mass is 9.79. The molecule has 150 valence electrons. The fourth-order valence-corrected chi connectivity index (χ4v) is 6.23. The first-order valence-corrected chi connectivity index (χ1v) is 11.5. The minimum Gasteiger partial charge on any atom is -0.192 e. The van der Waals surface area contributed by atoms with Crippen LogP contribution in [0.25, 0.3) is 33.0 Å². The Kier molecular flexibility index (Phi) is 3.57. The number of rotatable bonds is 0. The molecule has 0 fully saturated rings. The van der Waals surface area contributed by atoms with Crippen LogP contribution in [0.3, 0.4) is 0 Å². The van der Waals surface area contributed by atoms with E-state index in [1.165, 1.54) is 49.9 Å². The SMILES string of the molecule is CC1(C)c2cc(Br)ccc2-c2cc3c(cc21)-c1c(cc(C#N)c2ccccc12)C3(C)C. The van der Waals surface area contributed by atoms with Gasteiger partial charge < -0.3 is 0 Å². The molecule has 2 heteroatoms. The summed E-state index contributed by atoms with van der Waals surface area (Å²) >= 11 is 3.67. The van der Waals surface area contributed by atoms with Crippen LogP contribution in [0.4, 0.5) is 0 Å². The van der Waals surface area contributed by atoms with Gasteiger partial charge in [-0.15, -0.1) is 0 Å². The lowest BCUT2D eigenvalue weighted by Crippen LogP contribution is -2.17. The molecule has 0 unspecified atom stereocenters. The van der Waals surface area contributed by atoms with E-state index in [2.05, 4.69) is 104 Å². The van der Waals surface area contributed by atoms with E-state index < -0.39 is 0 Å². The molecule has 0 aliphatic heterocycles. The molecular formula is C29H22BrN. The maximum absolute atomic E-state index is 9.84. The summed E-state index contributed by atoms with van der Waals surface area (Å²) < 4.78 is 1.13. The molecular weight excluding hydrogens is 442 g/mol. The van der Waals surface area contributed by atoms with Crippen molar-refractivity contribution in [3.05, 3.63) is 93.0 Å². The second-order valence-corrected chi connectivity index (χ2v) is 10.8. The molecule has 4 aromatic rings. The Bertz CT molecular complexity index is 1500. The Hall–Kier alpha value is -2.89. The Morgan fingerprint density at radius 1 is 0.677 bits per heavy atom. The van der Waals surface area contributed by atoms with E-state index >= 15 is 0 Å². The number of nitrogens with zero attached hydrogens (tertiary/aromatic N) is 1. The minimum atomic E-state index is -0.155. The summed E-state index contributed by atoms with van der Waals surface area (Å²) in [6.45, 7) is 9.24. The van der Waals surface area contributed by atoms with Crippen LogP contribution in [0.2, 0.25) is 0 Å². The lowest BCUT2D eigenvalue weighted by Gasteiger charge is -2.24. The second kappa shape index (κ2) is 5.87. The minimum absolute atomic E-state index is 0.0568. The molecule has 2 aliphatic carbocycles. The van der Waals surface area contributed by atoms with Gasteiger partial charge in [-0.1, -0.05) is 74.0 Å². The van der Waals surface area contributed by atoms with Crippen LogP contribution in [0.15, 0.2) is 65.1 Å². The summed E-state index contributed by atoms with van der Waals surface area (Å²) in [4.78, 5) is 0. The predicted octanol–water partition coefficient (Wildman–Crippen LogP) is 8.09. The van der Waals surface area contributed by atoms with Gasteiger partial charge in [0.2, 0.25) is 0 Å². The molecule has 0 spiro atoms. The Morgan fingerprint density at radius 2 is 1.29 bits per heavy atom. The molecule has 4 aromatic carbocycles. The van der Waals surface area contributed by atoms with E-state index in [1.807, 2.05) is 6.07 Å². The van der Waals surface area contributed by atoms with Gasteiger partial charge in [0, 0.05) is 20.7 Å². The van der Waals surface area contributed by atoms with Crippen LogP contribution >= 0.6 is 15.9 Å². The molecule has 0 aromatic heterocycles. The molecule has 1 nitrogen and oxygen atoms in total. The highest BCUT2D eigenvalue weighted by atomic mass is 79.9. The lowest BCUT2D eigenvalue weighted by molar-refractivity contribution is 0.652. The summed E-state index contributed by atoms with van der Waals surface area (Å²) in [7, 11) is 0. The molecule has 0 atom stereocenters. The van der Waals surface area contributed by atoms with Crippen LogP contribution < -0.4 is 0 Å². The number of halogens is 1. The van der Waals surface area contributed by atoms with E-state index in [-0.39, 0.29) is 10.8 Å². The van der Waals surface area contributed by atoms with Gasteiger partial charge >= 0.3 is 0 Å². The van der Waals surface area contributed by atoms with Crippen LogP contribution in [-0.2, 0) is 10.8 Å². The fraction of sp³-hybridized carbons (Fsp3) is 0.207. The highest BCUT2D eigenvalue weighted by molar-refractivity contribution is 9.10. The van der Waals surface area contributed by atoms with Gasteiger partial charge in [-0.3, -0.25) is 0 Å². The topological polar surface area (TPSA) is 23.8 Å². The third-order valence-electron chi connectivity index (χ3n) is 7.56. The number of fused-ring (bicyclic) bond motifs is 8. The van der Waals surface area contributed by atoms with Crippen molar-refractivity contribution in [1.29, 1.82) is 5.26 Å². The summed E-state index contributed by atoms with van der Waals surface area (Å²) in [6.07, 6.45) is 0. The van der Waals surface area contributed by atoms with Crippen LogP contribution in [-0.4, -0.2) is 0 Å². The molecule has 0 saturated carbocycles. The van der Waals surface area contributed by atoms with E-state index in [1.54, 1.807) is 0 Å². The molecule has 0 saturated heterocycles. The Labute approximate surface area is 191 Å². The van der Waals surface area contributed by atoms with Gasteiger partial charge in [-0.25, -0.2) is 0 Å². The number of hydrogen-bond donors (Lipinski definition) is 0. The zero-order valence-corrected chi connectivity index (χ0v) is 19.7. The van der Waals surface area contributed by atoms with Gasteiger partial charge in [0.25, 0.3) is 0 Å². The Balaban J connectivity index is 1.74. The van der Waals surface area contributed by atoms with Crippen molar-refractivity contribution in [2.75, 3.05) is 0 Å². The first-order chi connectivity index (χ1) is 14.7. The smallest absolute Gasteiger partial charge is 0.0998 e. The number of hydrogen-bond acceptors (Lipinski definition) is 1. The van der Waals surface area contributed by atoms with Crippen molar-refractivity contribution in [1.82, 2.24) is 0 Å². The molecule has 31 heavy (non-hydrogen) atoms. The van der Waals surface area contributed by atoms with E-state index in [4.69, 9.17) is 0 Å². The number of nitriles is 1. The van der Waals surface area contributed by atoms with Crippen LogP contribution in [0, 0.1) is 11.3 Å². The highest BCUT2D eigenvalue weighted by Crippen LogP contribution is 2.57. The van der Waals surface area contributed by atoms with E-state index in [9.17, 15) is 5.26 Å². The monoisotopic (exact) mass is 463 g/mol. The fourth-order valence-electron chi connectivity index (χ4n) is 5.87. The third kappa shape index (κ3) is 2.25. The van der Waals surface area contributed by atoms with Crippen molar-refractivity contribution < 1.29 is 0 Å². The third-order valence-corrected chi connectivity index (χ3v) is 8.05. The van der Waals surface area contributed by atoms with Crippen molar-refractivity contribution in [2.24, 2.45) is 0 Å². The number of benzene rings is 4. The molecule has 0 N–H and O–H groups in total. The maximum Gasteiger partial charge on any atom is 0.0998 e. The average molecular weight is 464 g/mol. The molecule has 6 rings (SSSR count). The van der Waals surface area contributed by atoms with Crippen molar-refractivity contribution in [3.8, 4) is 28.3 Å². The van der Waals surface area contributed by atoms with E-state index in [0.29, 0.717) is 0 Å². The van der Waals surface area contributed by atoms with Crippen LogP contribution in [0.1, 0.15) is 55.5 Å². The quantitative estimate of drug-likeness (QED) is 0.258. The largest absolute Gasteiger partial charge is 0.192 e. The average Bonchev–Trinajstić information content (AvgIpc) is 3.11. The summed E-state index contributed by atoms with van der Waals surface area (Å²) in [5.74, 6) is 0. The van der Waals surface area contributed by atoms with E-state index in [0.717, 1.165) is 15.4 Å². The molecule has 2 aliphatic rings. The zero-order valence-electron chi connectivity index (χ0n) is 18.1. The van der Waals surface area contributed by atoms with Gasteiger partial charge in [-0.2, -0.15) is 5.26 Å². The molecule has 0 bridgehead atoms. The first kappa shape index (κ1) is 18.8. The van der Waals surface area contributed by atoms with Gasteiger partial charge in [0.1, 0.15) is 0 Å². The van der Waals surface area contributed by atoms with Crippen molar-refractivity contribution in [3.63, 3.8) is 0 Å². The first-order valence-electron chi connectivity index (χ1n) is 10.7. The van der Waals surface area contributed by atoms with Gasteiger partial charge in [0.05, 0.1) is 11.6 Å². The Morgan fingerprint density at radius 3 is 2.03 bits per heavy atom. The summed E-state index contributed by atoms with van der Waals surface area (Å²) in [6, 6.07) is 24.4. The normalized spacial score (nSPS) is 16.4. The van der Waals surface area contributed by atoms with Gasteiger partial charge in [-0.05, 0) is 80.2 Å². The zero-order chi connectivity index (χ0) is 21.7. The molecule has 0 radical (unpaired) electrons. The van der Waals surface area contributed by atoms with Gasteiger partial charge in [0.15, 0.2) is 0 Å². The van der Waals surface area contributed by atoms with Crippen molar-refractivity contribution >= 4 is 26.7 Å². The second-order valence-electron chi connectivity index (χ2n) is 9.89. The molecule has 0 amide bonds. The summed E-state index contributed by atoms with van der Waals surface area (Å²) in [5, 5.41) is 12.1. The predicted molar refractivity (Wildman–Crippen MR) is 131 cm³/mol. The maximum atomic E-state index is 9.84. The summed E-state index contributed by atoms with van der Waals surface area (Å²) in [5.41, 5.74) is 11.2.